The molecule has 2 rings (SSSR count). The standard InChI is InChI=1S/C12H9F4N3O/c1-6-11(7(2)20)17-18-19(6)10-5-8(12(14,15)16)3-4-9(10)13/h3-5H,1-2H3. The number of halogens is 4. The smallest absolute Gasteiger partial charge is 0.293 e. The summed E-state index contributed by atoms with van der Waals surface area (Å²) in [4.78, 5) is 11.2. The Morgan fingerprint density at radius 3 is 2.45 bits per heavy atom. The maximum Gasteiger partial charge on any atom is 0.416 e. The summed E-state index contributed by atoms with van der Waals surface area (Å²) in [6, 6.07) is 1.96. The summed E-state index contributed by atoms with van der Waals surface area (Å²) in [6.45, 7) is 2.67. The highest BCUT2D eigenvalue weighted by Crippen LogP contribution is 2.31. The number of aromatic nitrogens is 3. The molecule has 0 atom stereocenters. The summed E-state index contributed by atoms with van der Waals surface area (Å²) >= 11 is 0. The van der Waals surface area contributed by atoms with Crippen LogP contribution in [-0.2, 0) is 6.18 Å². The van der Waals surface area contributed by atoms with Gasteiger partial charge in [0.05, 0.1) is 11.3 Å². The van der Waals surface area contributed by atoms with E-state index in [2.05, 4.69) is 10.3 Å². The van der Waals surface area contributed by atoms with Crippen LogP contribution in [0, 0.1) is 12.7 Å². The Balaban J connectivity index is 2.61. The highest BCUT2D eigenvalue weighted by atomic mass is 19.4. The quantitative estimate of drug-likeness (QED) is 0.630. The fourth-order valence-electron chi connectivity index (χ4n) is 1.73. The van der Waals surface area contributed by atoms with Crippen molar-refractivity contribution in [2.24, 2.45) is 0 Å². The van der Waals surface area contributed by atoms with Crippen molar-refractivity contribution in [2.75, 3.05) is 0 Å². The van der Waals surface area contributed by atoms with Crippen LogP contribution in [0.2, 0.25) is 0 Å². The number of alkyl halides is 3. The Hall–Kier alpha value is -2.25. The Bertz CT molecular complexity index is 676. The largest absolute Gasteiger partial charge is 0.416 e. The van der Waals surface area contributed by atoms with Gasteiger partial charge in [-0.2, -0.15) is 13.2 Å². The third-order valence-corrected chi connectivity index (χ3v) is 2.73. The molecule has 2 aromatic rings. The summed E-state index contributed by atoms with van der Waals surface area (Å²) in [7, 11) is 0. The molecule has 106 valence electrons. The number of Topliss-reactive ketones (excluding diaryl/α,β-unsaturated/α-hetero) is 1. The van der Waals surface area contributed by atoms with Crippen LogP contribution < -0.4 is 0 Å². The van der Waals surface area contributed by atoms with E-state index in [1.54, 1.807) is 0 Å². The van der Waals surface area contributed by atoms with E-state index in [4.69, 9.17) is 0 Å². The maximum absolute atomic E-state index is 13.7. The molecule has 0 spiro atoms. The van der Waals surface area contributed by atoms with Crippen molar-refractivity contribution in [1.82, 2.24) is 15.0 Å². The molecule has 4 nitrogen and oxygen atoms in total. The van der Waals surface area contributed by atoms with Gasteiger partial charge in [-0.05, 0) is 25.1 Å². The number of hydrogen-bond acceptors (Lipinski definition) is 3. The number of ketones is 1. The Morgan fingerprint density at radius 1 is 1.30 bits per heavy atom. The van der Waals surface area contributed by atoms with Crippen molar-refractivity contribution in [2.45, 2.75) is 20.0 Å². The first-order valence-electron chi connectivity index (χ1n) is 5.52. The molecule has 0 N–H and O–H groups in total. The van der Waals surface area contributed by atoms with Gasteiger partial charge in [0.25, 0.3) is 0 Å². The van der Waals surface area contributed by atoms with Gasteiger partial charge in [0.1, 0.15) is 11.5 Å². The monoisotopic (exact) mass is 287 g/mol. The normalized spacial score (nSPS) is 11.7. The fourth-order valence-corrected chi connectivity index (χ4v) is 1.73. The van der Waals surface area contributed by atoms with Gasteiger partial charge in [-0.15, -0.1) is 5.10 Å². The first-order chi connectivity index (χ1) is 9.21. The molecule has 0 aliphatic carbocycles. The van der Waals surface area contributed by atoms with Gasteiger partial charge in [0, 0.05) is 6.92 Å². The lowest BCUT2D eigenvalue weighted by Gasteiger charge is -2.10. The number of benzene rings is 1. The lowest BCUT2D eigenvalue weighted by atomic mass is 10.1. The second-order valence-electron chi connectivity index (χ2n) is 4.16. The average molecular weight is 287 g/mol. The fraction of sp³-hybridized carbons (Fsp3) is 0.250. The minimum atomic E-state index is -4.60. The molecule has 0 bridgehead atoms. The summed E-state index contributed by atoms with van der Waals surface area (Å²) in [5.41, 5.74) is -1.25. The van der Waals surface area contributed by atoms with Crippen molar-refractivity contribution < 1.29 is 22.4 Å². The van der Waals surface area contributed by atoms with E-state index >= 15 is 0 Å². The summed E-state index contributed by atoms with van der Waals surface area (Å²) < 4.78 is 52.5. The van der Waals surface area contributed by atoms with Crippen molar-refractivity contribution >= 4 is 5.78 Å². The van der Waals surface area contributed by atoms with E-state index in [1.807, 2.05) is 0 Å². The third-order valence-electron chi connectivity index (χ3n) is 2.73. The summed E-state index contributed by atoms with van der Waals surface area (Å²) in [5, 5.41) is 7.07. The molecular formula is C12H9F4N3O. The molecule has 0 aliphatic heterocycles. The highest BCUT2D eigenvalue weighted by Gasteiger charge is 2.31. The van der Waals surface area contributed by atoms with Crippen LogP contribution in [0.5, 0.6) is 0 Å². The van der Waals surface area contributed by atoms with Crippen LogP contribution in [-0.4, -0.2) is 20.8 Å². The molecule has 0 saturated carbocycles. The number of hydrogen-bond donors (Lipinski definition) is 0. The SMILES string of the molecule is CC(=O)c1nnn(-c2cc(C(F)(F)F)ccc2F)c1C. The maximum atomic E-state index is 13.7. The molecule has 0 fully saturated rings. The van der Waals surface area contributed by atoms with E-state index in [0.29, 0.717) is 18.2 Å². The minimum Gasteiger partial charge on any atom is -0.293 e. The van der Waals surface area contributed by atoms with Gasteiger partial charge in [-0.3, -0.25) is 4.79 Å². The van der Waals surface area contributed by atoms with Crippen LogP contribution in [0.3, 0.4) is 0 Å². The minimum absolute atomic E-state index is 0.0122. The predicted molar refractivity (Wildman–Crippen MR) is 61.1 cm³/mol. The first kappa shape index (κ1) is 14.2. The van der Waals surface area contributed by atoms with Crippen molar-refractivity contribution in [3.05, 3.63) is 41.0 Å². The van der Waals surface area contributed by atoms with Crippen molar-refractivity contribution in [1.29, 1.82) is 0 Å². The average Bonchev–Trinajstić information content (AvgIpc) is 2.70. The van der Waals surface area contributed by atoms with Crippen molar-refractivity contribution in [3.63, 3.8) is 0 Å². The predicted octanol–water partition coefficient (Wildman–Crippen LogP) is 2.94. The Morgan fingerprint density at radius 2 is 1.95 bits per heavy atom. The summed E-state index contributed by atoms with van der Waals surface area (Å²) in [6.07, 6.45) is -4.60. The number of nitrogens with zero attached hydrogens (tertiary/aromatic N) is 3. The third kappa shape index (κ3) is 2.40. The van der Waals surface area contributed by atoms with Crippen molar-refractivity contribution in [3.8, 4) is 5.69 Å². The van der Waals surface area contributed by atoms with Crippen LogP contribution >= 0.6 is 0 Å². The number of carbonyl (C=O) groups excluding carboxylic acids is 1. The van der Waals surface area contributed by atoms with Gasteiger partial charge in [0.15, 0.2) is 11.5 Å². The molecule has 1 aromatic carbocycles. The van der Waals surface area contributed by atoms with Crippen LogP contribution in [0.15, 0.2) is 18.2 Å². The van der Waals surface area contributed by atoms with Gasteiger partial charge < -0.3 is 0 Å². The van der Waals surface area contributed by atoms with Gasteiger partial charge >= 0.3 is 6.18 Å². The zero-order chi connectivity index (χ0) is 15.1. The lowest BCUT2D eigenvalue weighted by molar-refractivity contribution is -0.137. The molecular weight excluding hydrogens is 278 g/mol. The Kier molecular flexibility index (Phi) is 3.33. The zero-order valence-corrected chi connectivity index (χ0v) is 10.5. The second-order valence-corrected chi connectivity index (χ2v) is 4.16. The van der Waals surface area contributed by atoms with Gasteiger partial charge in [0.2, 0.25) is 0 Å². The number of rotatable bonds is 2. The Labute approximate surface area is 111 Å². The van der Waals surface area contributed by atoms with Gasteiger partial charge in [-0.25, -0.2) is 9.07 Å². The van der Waals surface area contributed by atoms with Crippen LogP contribution in [0.1, 0.15) is 28.7 Å². The molecule has 1 heterocycles. The molecule has 0 aliphatic rings. The van der Waals surface area contributed by atoms with Crippen LogP contribution in [0.25, 0.3) is 5.69 Å². The molecule has 0 amide bonds. The van der Waals surface area contributed by atoms with E-state index < -0.39 is 29.0 Å². The van der Waals surface area contributed by atoms with E-state index in [9.17, 15) is 22.4 Å². The first-order valence-corrected chi connectivity index (χ1v) is 5.52. The van der Waals surface area contributed by atoms with Gasteiger partial charge in [-0.1, -0.05) is 5.21 Å². The zero-order valence-electron chi connectivity index (χ0n) is 10.5. The van der Waals surface area contributed by atoms with E-state index in [1.165, 1.54) is 13.8 Å². The second kappa shape index (κ2) is 4.69. The number of carbonyl (C=O) groups is 1. The molecule has 0 saturated heterocycles. The van der Waals surface area contributed by atoms with E-state index in [0.717, 1.165) is 4.68 Å². The molecule has 8 heteroatoms. The highest BCUT2D eigenvalue weighted by molar-refractivity contribution is 5.93. The van der Waals surface area contributed by atoms with E-state index in [-0.39, 0.29) is 11.4 Å². The lowest BCUT2D eigenvalue weighted by Crippen LogP contribution is -2.09. The molecule has 20 heavy (non-hydrogen) atoms. The topological polar surface area (TPSA) is 47.8 Å². The summed E-state index contributed by atoms with van der Waals surface area (Å²) in [5.74, 6) is -1.29. The molecule has 0 radical (unpaired) electrons. The molecule has 1 aromatic heterocycles. The van der Waals surface area contributed by atoms with Crippen LogP contribution in [0.4, 0.5) is 17.6 Å². The molecule has 0 unspecified atom stereocenters.